The van der Waals surface area contributed by atoms with E-state index in [0.29, 0.717) is 11.7 Å². The molecule has 0 saturated heterocycles. The summed E-state index contributed by atoms with van der Waals surface area (Å²) in [5.41, 5.74) is 0.473. The van der Waals surface area contributed by atoms with Crippen LogP contribution in [0.1, 0.15) is 36.0 Å². The molecule has 3 N–H and O–H groups in total. The van der Waals surface area contributed by atoms with E-state index in [4.69, 9.17) is 0 Å². The van der Waals surface area contributed by atoms with Crippen LogP contribution in [0, 0.1) is 0 Å². The highest BCUT2D eigenvalue weighted by Gasteiger charge is 2.29. The van der Waals surface area contributed by atoms with Crippen molar-refractivity contribution in [1.82, 2.24) is 4.72 Å². The predicted molar refractivity (Wildman–Crippen MR) is 73.4 cm³/mol. The summed E-state index contributed by atoms with van der Waals surface area (Å²) in [7, 11) is -3.62. The number of carboxylic acids is 1. The average Bonchev–Trinajstić information content (AvgIpc) is 3.25. The second-order valence-corrected chi connectivity index (χ2v) is 7.04. The Kier molecular flexibility index (Phi) is 3.18. The minimum atomic E-state index is -3.62. The Morgan fingerprint density at radius 3 is 2.35 bits per heavy atom. The van der Waals surface area contributed by atoms with Crippen LogP contribution in [-0.4, -0.2) is 31.6 Å². The molecular weight excluding hydrogens is 280 g/mol. The molecule has 6 nitrogen and oxygen atoms in total. The number of anilines is 1. The number of carbonyl (C=O) groups is 1. The smallest absolute Gasteiger partial charge is 0.337 e. The molecule has 3 rings (SSSR count). The first-order valence-electron chi connectivity index (χ1n) is 6.62. The first-order chi connectivity index (χ1) is 9.45. The van der Waals surface area contributed by atoms with Gasteiger partial charge in [-0.2, -0.15) is 0 Å². The fraction of sp³-hybridized carbons (Fsp3) is 0.462. The van der Waals surface area contributed by atoms with E-state index in [1.165, 1.54) is 18.2 Å². The molecule has 1 aromatic rings. The molecule has 0 unspecified atom stereocenters. The van der Waals surface area contributed by atoms with Crippen molar-refractivity contribution in [3.05, 3.63) is 23.8 Å². The van der Waals surface area contributed by atoms with Gasteiger partial charge in [0.1, 0.15) is 0 Å². The summed E-state index contributed by atoms with van der Waals surface area (Å²) in [6.07, 6.45) is 3.71. The standard InChI is InChI=1S/C13H16N2O4S/c16-13(17)11-7-10(20(18,19)15-9-3-4-9)5-6-12(11)14-8-1-2-8/h5-9,14-15H,1-4H2,(H,16,17). The van der Waals surface area contributed by atoms with Gasteiger partial charge in [-0.1, -0.05) is 0 Å². The quantitative estimate of drug-likeness (QED) is 0.737. The van der Waals surface area contributed by atoms with E-state index >= 15 is 0 Å². The minimum Gasteiger partial charge on any atom is -0.478 e. The zero-order valence-corrected chi connectivity index (χ0v) is 11.6. The number of nitrogens with one attached hydrogen (secondary N) is 2. The van der Waals surface area contributed by atoms with E-state index < -0.39 is 16.0 Å². The lowest BCUT2D eigenvalue weighted by Gasteiger charge is -2.11. The van der Waals surface area contributed by atoms with Crippen molar-refractivity contribution < 1.29 is 18.3 Å². The number of aromatic carboxylic acids is 1. The number of rotatable bonds is 6. The summed E-state index contributed by atoms with van der Waals surface area (Å²) in [4.78, 5) is 11.3. The summed E-state index contributed by atoms with van der Waals surface area (Å²) < 4.78 is 26.7. The van der Waals surface area contributed by atoms with E-state index in [2.05, 4.69) is 10.0 Å². The van der Waals surface area contributed by atoms with E-state index in [-0.39, 0.29) is 16.5 Å². The second kappa shape index (κ2) is 4.75. The molecule has 0 heterocycles. The summed E-state index contributed by atoms with van der Waals surface area (Å²) in [5.74, 6) is -1.13. The van der Waals surface area contributed by atoms with Crippen molar-refractivity contribution in [2.45, 2.75) is 42.7 Å². The van der Waals surface area contributed by atoms with Gasteiger partial charge in [0.15, 0.2) is 0 Å². The lowest BCUT2D eigenvalue weighted by atomic mass is 10.2. The number of benzene rings is 1. The van der Waals surface area contributed by atoms with Gasteiger partial charge in [0.05, 0.1) is 10.5 Å². The Morgan fingerprint density at radius 2 is 1.80 bits per heavy atom. The third kappa shape index (κ3) is 2.94. The Bertz CT molecular complexity index is 648. The second-order valence-electron chi connectivity index (χ2n) is 5.33. The van der Waals surface area contributed by atoms with Crippen molar-refractivity contribution in [2.24, 2.45) is 0 Å². The lowest BCUT2D eigenvalue weighted by molar-refractivity contribution is 0.0697. The maximum absolute atomic E-state index is 12.1. The highest BCUT2D eigenvalue weighted by molar-refractivity contribution is 7.89. The topological polar surface area (TPSA) is 95.5 Å². The summed E-state index contributed by atoms with van der Waals surface area (Å²) in [6, 6.07) is 4.50. The van der Waals surface area contributed by atoms with Crippen molar-refractivity contribution in [1.29, 1.82) is 0 Å². The van der Waals surface area contributed by atoms with Gasteiger partial charge in [0, 0.05) is 17.8 Å². The Morgan fingerprint density at radius 1 is 1.15 bits per heavy atom. The SMILES string of the molecule is O=C(O)c1cc(S(=O)(=O)NC2CC2)ccc1NC1CC1. The van der Waals surface area contributed by atoms with Gasteiger partial charge < -0.3 is 10.4 Å². The number of hydrogen-bond acceptors (Lipinski definition) is 4. The Hall–Kier alpha value is -1.60. The van der Waals surface area contributed by atoms with E-state index in [1.54, 1.807) is 0 Å². The first kappa shape index (κ1) is 13.4. The number of hydrogen-bond donors (Lipinski definition) is 3. The van der Waals surface area contributed by atoms with Crippen LogP contribution in [0.3, 0.4) is 0 Å². The van der Waals surface area contributed by atoms with Gasteiger partial charge in [-0.05, 0) is 43.9 Å². The van der Waals surface area contributed by atoms with Gasteiger partial charge in [0.25, 0.3) is 0 Å². The molecule has 2 aliphatic carbocycles. The average molecular weight is 296 g/mol. The highest BCUT2D eigenvalue weighted by Crippen LogP contribution is 2.29. The van der Waals surface area contributed by atoms with Crippen LogP contribution in [0.25, 0.3) is 0 Å². The first-order valence-corrected chi connectivity index (χ1v) is 8.10. The van der Waals surface area contributed by atoms with E-state index in [1.807, 2.05) is 0 Å². The normalized spacial score (nSPS) is 18.8. The number of carboxylic acid groups (broad SMARTS) is 1. The molecule has 2 fully saturated rings. The molecule has 7 heteroatoms. The van der Waals surface area contributed by atoms with Gasteiger partial charge in [-0.15, -0.1) is 0 Å². The summed E-state index contributed by atoms with van der Waals surface area (Å²) in [6.45, 7) is 0. The lowest BCUT2D eigenvalue weighted by Crippen LogP contribution is -2.26. The van der Waals surface area contributed by atoms with Crippen LogP contribution >= 0.6 is 0 Å². The van der Waals surface area contributed by atoms with Crippen molar-refractivity contribution in [2.75, 3.05) is 5.32 Å². The minimum absolute atomic E-state index is 0.00227. The molecule has 108 valence electrons. The van der Waals surface area contributed by atoms with Crippen molar-refractivity contribution in [3.63, 3.8) is 0 Å². The van der Waals surface area contributed by atoms with Crippen molar-refractivity contribution >= 4 is 21.7 Å². The van der Waals surface area contributed by atoms with Gasteiger partial charge in [-0.25, -0.2) is 17.9 Å². The number of sulfonamides is 1. The fourth-order valence-corrected chi connectivity index (χ4v) is 3.26. The molecule has 0 aromatic heterocycles. The maximum Gasteiger partial charge on any atom is 0.337 e. The zero-order chi connectivity index (χ0) is 14.3. The van der Waals surface area contributed by atoms with Crippen LogP contribution in [0.5, 0.6) is 0 Å². The zero-order valence-electron chi connectivity index (χ0n) is 10.8. The van der Waals surface area contributed by atoms with E-state index in [0.717, 1.165) is 25.7 Å². The van der Waals surface area contributed by atoms with Crippen LogP contribution in [0.2, 0.25) is 0 Å². The molecule has 0 radical (unpaired) electrons. The van der Waals surface area contributed by atoms with E-state index in [9.17, 15) is 18.3 Å². The van der Waals surface area contributed by atoms with Gasteiger partial charge >= 0.3 is 5.97 Å². The molecule has 0 amide bonds. The van der Waals surface area contributed by atoms with Crippen LogP contribution in [-0.2, 0) is 10.0 Å². The van der Waals surface area contributed by atoms with Crippen LogP contribution in [0.4, 0.5) is 5.69 Å². The molecule has 20 heavy (non-hydrogen) atoms. The predicted octanol–water partition coefficient (Wildman–Crippen LogP) is 1.40. The molecule has 2 aliphatic rings. The third-order valence-corrected chi connectivity index (χ3v) is 4.89. The monoisotopic (exact) mass is 296 g/mol. The molecule has 0 spiro atoms. The van der Waals surface area contributed by atoms with Gasteiger partial charge in [0.2, 0.25) is 10.0 Å². The van der Waals surface area contributed by atoms with Crippen LogP contribution in [0.15, 0.2) is 23.1 Å². The van der Waals surface area contributed by atoms with Crippen molar-refractivity contribution in [3.8, 4) is 0 Å². The molecule has 2 saturated carbocycles. The maximum atomic E-state index is 12.1. The van der Waals surface area contributed by atoms with Crippen LogP contribution < -0.4 is 10.0 Å². The Balaban J connectivity index is 1.91. The van der Waals surface area contributed by atoms with Gasteiger partial charge in [-0.3, -0.25) is 0 Å². The Labute approximate surface area is 117 Å². The largest absolute Gasteiger partial charge is 0.478 e. The molecule has 0 aliphatic heterocycles. The molecule has 0 bridgehead atoms. The summed E-state index contributed by atoms with van der Waals surface area (Å²) >= 11 is 0. The summed E-state index contributed by atoms with van der Waals surface area (Å²) in [5, 5.41) is 12.3. The fourth-order valence-electron chi connectivity index (χ4n) is 1.93. The molecular formula is C13H16N2O4S. The molecule has 1 aromatic carbocycles. The highest BCUT2D eigenvalue weighted by atomic mass is 32.2. The third-order valence-electron chi connectivity index (χ3n) is 3.37. The molecule has 0 atom stereocenters.